The van der Waals surface area contributed by atoms with Gasteiger partial charge in [0.1, 0.15) is 11.6 Å². The molecule has 2 aliphatic rings. The van der Waals surface area contributed by atoms with Crippen LogP contribution in [0.1, 0.15) is 50.8 Å². The summed E-state index contributed by atoms with van der Waals surface area (Å²) in [4.78, 5) is 29.0. The van der Waals surface area contributed by atoms with Crippen molar-refractivity contribution in [3.8, 4) is 0 Å². The molecule has 2 aromatic heterocycles. The molecule has 8 nitrogen and oxygen atoms in total. The molecule has 0 aromatic carbocycles. The third kappa shape index (κ3) is 5.75. The van der Waals surface area contributed by atoms with Crippen LogP contribution in [0, 0.1) is 0 Å². The second kappa shape index (κ2) is 9.73. The highest BCUT2D eigenvalue weighted by Crippen LogP contribution is 2.33. The van der Waals surface area contributed by atoms with Crippen molar-refractivity contribution in [3.63, 3.8) is 0 Å². The highest BCUT2D eigenvalue weighted by atomic mass is 19.4. The van der Waals surface area contributed by atoms with Crippen LogP contribution < -0.4 is 10.2 Å². The minimum atomic E-state index is -4.47. The topological polar surface area (TPSA) is 83.5 Å². The van der Waals surface area contributed by atoms with E-state index in [1.165, 1.54) is 0 Å². The number of amides is 1. The molecule has 4 heterocycles. The molecule has 0 spiro atoms. The number of anilines is 3. The predicted molar refractivity (Wildman–Crippen MR) is 121 cm³/mol. The Morgan fingerprint density at radius 2 is 1.76 bits per heavy atom. The van der Waals surface area contributed by atoms with Crippen LogP contribution in [-0.4, -0.2) is 64.1 Å². The first-order valence-corrected chi connectivity index (χ1v) is 11.4. The fraction of sp³-hybridized carbons (Fsp3) is 0.565. The van der Waals surface area contributed by atoms with Gasteiger partial charge in [0.15, 0.2) is 0 Å². The summed E-state index contributed by atoms with van der Waals surface area (Å²) in [6, 6.07) is 3.67. The van der Waals surface area contributed by atoms with E-state index in [1.54, 1.807) is 13.0 Å². The zero-order valence-electron chi connectivity index (χ0n) is 19.5. The van der Waals surface area contributed by atoms with Crippen molar-refractivity contribution < 1.29 is 22.7 Å². The van der Waals surface area contributed by atoms with Crippen LogP contribution >= 0.6 is 0 Å². The van der Waals surface area contributed by atoms with Crippen LogP contribution in [0.25, 0.3) is 0 Å². The summed E-state index contributed by atoms with van der Waals surface area (Å²) in [7, 11) is 0. The number of nitrogens with zero attached hydrogens (tertiary/aromatic N) is 5. The van der Waals surface area contributed by atoms with Crippen molar-refractivity contribution in [1.82, 2.24) is 19.9 Å². The number of hydrogen-bond acceptors (Lipinski definition) is 7. The maximum absolute atomic E-state index is 13.2. The van der Waals surface area contributed by atoms with Crippen molar-refractivity contribution in [1.29, 1.82) is 0 Å². The summed E-state index contributed by atoms with van der Waals surface area (Å²) in [6.07, 6.45) is -1.84. The molecule has 184 valence electrons. The highest BCUT2D eigenvalue weighted by molar-refractivity contribution is 5.73. The van der Waals surface area contributed by atoms with E-state index in [9.17, 15) is 18.0 Å². The second-order valence-electron chi connectivity index (χ2n) is 8.97. The Labute approximate surface area is 196 Å². The molecule has 0 saturated carbocycles. The van der Waals surface area contributed by atoms with Gasteiger partial charge in [-0.05, 0) is 38.8 Å². The number of likely N-dealkylation sites (tertiary alicyclic amines) is 1. The number of hydrogen-bond donors (Lipinski definition) is 1. The number of rotatable bonds is 4. The van der Waals surface area contributed by atoms with Crippen LogP contribution in [-0.2, 0) is 15.7 Å². The van der Waals surface area contributed by atoms with Gasteiger partial charge in [0, 0.05) is 51.3 Å². The minimum absolute atomic E-state index is 0.00338. The van der Waals surface area contributed by atoms with Gasteiger partial charge in [-0.2, -0.15) is 18.2 Å². The number of ether oxygens (including phenoxy) is 1. The van der Waals surface area contributed by atoms with Crippen LogP contribution in [0.2, 0.25) is 0 Å². The zero-order valence-corrected chi connectivity index (χ0v) is 19.5. The van der Waals surface area contributed by atoms with Gasteiger partial charge >= 0.3 is 6.18 Å². The molecule has 11 heteroatoms. The molecular formula is C23H29F3N6O2. The normalized spacial score (nSPS) is 22.1. The van der Waals surface area contributed by atoms with Crippen LogP contribution in [0.5, 0.6) is 0 Å². The van der Waals surface area contributed by atoms with E-state index >= 15 is 0 Å². The summed E-state index contributed by atoms with van der Waals surface area (Å²) < 4.78 is 45.3. The Morgan fingerprint density at radius 1 is 1.09 bits per heavy atom. The summed E-state index contributed by atoms with van der Waals surface area (Å²) in [5, 5.41) is 2.94. The highest BCUT2D eigenvalue weighted by Gasteiger charge is 2.31. The second-order valence-corrected chi connectivity index (χ2v) is 8.97. The van der Waals surface area contributed by atoms with Crippen molar-refractivity contribution >= 4 is 23.5 Å². The Hall–Kier alpha value is -2.95. The van der Waals surface area contributed by atoms with E-state index in [0.717, 1.165) is 36.9 Å². The molecule has 2 fully saturated rings. The first kappa shape index (κ1) is 24.2. The number of alkyl halides is 3. The molecule has 34 heavy (non-hydrogen) atoms. The number of pyridine rings is 1. The molecule has 2 atom stereocenters. The third-order valence-corrected chi connectivity index (χ3v) is 6.14. The third-order valence-electron chi connectivity index (χ3n) is 6.14. The lowest BCUT2D eigenvalue weighted by Crippen LogP contribution is -2.46. The Morgan fingerprint density at radius 3 is 2.38 bits per heavy atom. The number of nitrogens with one attached hydrogen (secondary N) is 1. The SMILES string of the molecule is CC(=O)N1CCC(c2cc(Nc3cc(C(F)(F)F)ccn3)nc(N3CC(C)OC(C)C3)n2)CC1. The summed E-state index contributed by atoms with van der Waals surface area (Å²) in [5.74, 6) is 1.11. The lowest BCUT2D eigenvalue weighted by atomic mass is 9.93. The van der Waals surface area contributed by atoms with Gasteiger partial charge in [-0.1, -0.05) is 0 Å². The van der Waals surface area contributed by atoms with Crippen molar-refractivity contribution in [2.24, 2.45) is 0 Å². The van der Waals surface area contributed by atoms with E-state index in [4.69, 9.17) is 9.72 Å². The monoisotopic (exact) mass is 478 g/mol. The summed E-state index contributed by atoms with van der Waals surface area (Å²) in [5.41, 5.74) is 0.0152. The van der Waals surface area contributed by atoms with Crippen molar-refractivity contribution in [2.45, 2.75) is 57.9 Å². The van der Waals surface area contributed by atoms with Gasteiger partial charge in [0.2, 0.25) is 11.9 Å². The number of carbonyl (C=O) groups is 1. The molecule has 2 aromatic rings. The van der Waals surface area contributed by atoms with Gasteiger partial charge in [0.05, 0.1) is 23.5 Å². The fourth-order valence-corrected chi connectivity index (χ4v) is 4.51. The van der Waals surface area contributed by atoms with E-state index < -0.39 is 11.7 Å². The Balaban J connectivity index is 1.64. The first-order valence-electron chi connectivity index (χ1n) is 11.4. The average Bonchev–Trinajstić information content (AvgIpc) is 2.78. The predicted octanol–water partition coefficient (Wildman–Crippen LogP) is 3.97. The van der Waals surface area contributed by atoms with Crippen LogP contribution in [0.15, 0.2) is 24.4 Å². The van der Waals surface area contributed by atoms with Crippen LogP contribution in [0.4, 0.5) is 30.8 Å². The minimum Gasteiger partial charge on any atom is -0.372 e. The van der Waals surface area contributed by atoms with E-state index in [1.807, 2.05) is 23.6 Å². The van der Waals surface area contributed by atoms with Gasteiger partial charge in [-0.15, -0.1) is 0 Å². The number of halogens is 3. The average molecular weight is 479 g/mol. The summed E-state index contributed by atoms with van der Waals surface area (Å²) >= 11 is 0. The molecule has 2 unspecified atom stereocenters. The lowest BCUT2D eigenvalue weighted by Gasteiger charge is -2.36. The molecule has 4 rings (SSSR count). The van der Waals surface area contributed by atoms with E-state index in [-0.39, 0.29) is 29.9 Å². The van der Waals surface area contributed by atoms with Crippen molar-refractivity contribution in [2.75, 3.05) is 36.4 Å². The van der Waals surface area contributed by atoms with Gasteiger partial charge in [-0.3, -0.25) is 4.79 Å². The molecule has 2 saturated heterocycles. The maximum atomic E-state index is 13.2. The zero-order chi connectivity index (χ0) is 24.5. The molecule has 1 N–H and O–H groups in total. The smallest absolute Gasteiger partial charge is 0.372 e. The van der Waals surface area contributed by atoms with Gasteiger partial charge < -0.3 is 19.9 Å². The van der Waals surface area contributed by atoms with Crippen molar-refractivity contribution in [3.05, 3.63) is 35.7 Å². The molecule has 0 aliphatic carbocycles. The number of aromatic nitrogens is 3. The van der Waals surface area contributed by atoms with E-state index in [0.29, 0.717) is 37.9 Å². The summed E-state index contributed by atoms with van der Waals surface area (Å²) in [6.45, 7) is 8.03. The molecule has 2 aliphatic heterocycles. The molecule has 1 amide bonds. The molecular weight excluding hydrogens is 449 g/mol. The lowest BCUT2D eigenvalue weighted by molar-refractivity contribution is -0.137. The Kier molecular flexibility index (Phi) is 6.92. The fourth-order valence-electron chi connectivity index (χ4n) is 4.51. The van der Waals surface area contributed by atoms with Gasteiger partial charge in [-0.25, -0.2) is 9.97 Å². The maximum Gasteiger partial charge on any atom is 0.416 e. The first-order chi connectivity index (χ1) is 16.1. The number of piperidine rings is 1. The number of morpholine rings is 1. The van der Waals surface area contributed by atoms with Gasteiger partial charge in [0.25, 0.3) is 0 Å². The molecule has 0 bridgehead atoms. The number of carbonyl (C=O) groups excluding carboxylic acids is 1. The quantitative estimate of drug-likeness (QED) is 0.712. The van der Waals surface area contributed by atoms with E-state index in [2.05, 4.69) is 15.3 Å². The standard InChI is InChI=1S/C23H29F3N6O2/c1-14-12-32(13-15(2)34-14)22-28-19(17-5-8-31(9-6-17)16(3)33)11-21(30-22)29-20-10-18(4-7-27-20)23(24,25)26/h4,7,10-11,14-15,17H,5-6,8-9,12-13H2,1-3H3,(H,27,28,29,30). The van der Waals surface area contributed by atoms with Crippen LogP contribution in [0.3, 0.4) is 0 Å². The molecule has 0 radical (unpaired) electrons. The largest absolute Gasteiger partial charge is 0.416 e. The Bertz CT molecular complexity index is 1020.